The number of rotatable bonds is 6. The fourth-order valence-electron chi connectivity index (χ4n) is 2.09. The van der Waals surface area contributed by atoms with Crippen LogP contribution >= 0.6 is 23.2 Å². The molecule has 0 unspecified atom stereocenters. The second kappa shape index (κ2) is 8.19. The summed E-state index contributed by atoms with van der Waals surface area (Å²) in [6.45, 7) is 1.77. The molecule has 0 bridgehead atoms. The van der Waals surface area contributed by atoms with Crippen molar-refractivity contribution in [2.45, 2.75) is 18.4 Å². The van der Waals surface area contributed by atoms with Crippen LogP contribution in [0, 0.1) is 6.92 Å². The molecule has 0 aliphatic heterocycles. The third-order valence-corrected chi connectivity index (χ3v) is 5.99. The lowest BCUT2D eigenvalue weighted by Crippen LogP contribution is -2.38. The zero-order valence-corrected chi connectivity index (χ0v) is 16.1. The lowest BCUT2D eigenvalue weighted by Gasteiger charge is -2.17. The van der Waals surface area contributed by atoms with Gasteiger partial charge in [-0.05, 0) is 36.8 Å². The van der Waals surface area contributed by atoms with Crippen LogP contribution in [0.1, 0.15) is 11.1 Å². The van der Waals surface area contributed by atoms with Crippen LogP contribution in [0.25, 0.3) is 0 Å². The lowest BCUT2D eigenvalue weighted by molar-refractivity contribution is -0.121. The van der Waals surface area contributed by atoms with Crippen molar-refractivity contribution in [3.63, 3.8) is 0 Å². The standard InChI is InChI=1S/C17H18Cl2N2O3S/c1-12-3-7-15(8-4-12)25(23,24)21(2)11-17(22)20-10-13-5-6-14(18)9-16(13)19/h3-9H,10-11H2,1-2H3,(H,20,22). The highest BCUT2D eigenvalue weighted by molar-refractivity contribution is 7.89. The predicted octanol–water partition coefficient (Wildman–Crippen LogP) is 3.24. The molecular formula is C17H18Cl2N2O3S. The van der Waals surface area contributed by atoms with Gasteiger partial charge in [-0.15, -0.1) is 0 Å². The number of carbonyl (C=O) groups is 1. The van der Waals surface area contributed by atoms with Crippen LogP contribution in [-0.2, 0) is 21.4 Å². The molecule has 0 heterocycles. The molecule has 5 nitrogen and oxygen atoms in total. The molecule has 2 aromatic carbocycles. The molecule has 0 saturated heterocycles. The summed E-state index contributed by atoms with van der Waals surface area (Å²) in [5.74, 6) is -0.427. The maximum Gasteiger partial charge on any atom is 0.243 e. The Hall–Kier alpha value is -1.60. The Morgan fingerprint density at radius 1 is 1.12 bits per heavy atom. The normalized spacial score (nSPS) is 11.6. The summed E-state index contributed by atoms with van der Waals surface area (Å²) >= 11 is 11.9. The Balaban J connectivity index is 1.98. The SMILES string of the molecule is Cc1ccc(S(=O)(=O)N(C)CC(=O)NCc2ccc(Cl)cc2Cl)cc1. The molecule has 25 heavy (non-hydrogen) atoms. The first kappa shape index (κ1) is 19.7. The van der Waals surface area contributed by atoms with Gasteiger partial charge in [0.15, 0.2) is 0 Å². The van der Waals surface area contributed by atoms with E-state index in [-0.39, 0.29) is 18.0 Å². The number of carbonyl (C=O) groups excluding carboxylic acids is 1. The Kier molecular flexibility index (Phi) is 6.46. The van der Waals surface area contributed by atoms with Crippen molar-refractivity contribution in [1.82, 2.24) is 9.62 Å². The van der Waals surface area contributed by atoms with E-state index in [0.717, 1.165) is 9.87 Å². The Bertz CT molecular complexity index is 868. The average molecular weight is 401 g/mol. The molecule has 0 saturated carbocycles. The van der Waals surface area contributed by atoms with E-state index in [1.54, 1.807) is 30.3 Å². The number of hydrogen-bond acceptors (Lipinski definition) is 3. The molecule has 0 radical (unpaired) electrons. The molecule has 134 valence electrons. The monoisotopic (exact) mass is 400 g/mol. The minimum atomic E-state index is -3.72. The summed E-state index contributed by atoms with van der Waals surface area (Å²) in [6.07, 6.45) is 0. The number of aryl methyl sites for hydroxylation is 1. The van der Waals surface area contributed by atoms with Crippen LogP contribution in [0.3, 0.4) is 0 Å². The molecule has 0 fully saturated rings. The van der Waals surface area contributed by atoms with Crippen molar-refractivity contribution < 1.29 is 13.2 Å². The molecule has 0 aliphatic rings. The van der Waals surface area contributed by atoms with E-state index in [2.05, 4.69) is 5.32 Å². The van der Waals surface area contributed by atoms with Crippen molar-refractivity contribution in [2.75, 3.05) is 13.6 Å². The van der Waals surface area contributed by atoms with Gasteiger partial charge >= 0.3 is 0 Å². The highest BCUT2D eigenvalue weighted by Gasteiger charge is 2.22. The van der Waals surface area contributed by atoms with E-state index in [0.29, 0.717) is 15.6 Å². The Labute approximate surface area is 157 Å². The van der Waals surface area contributed by atoms with E-state index in [9.17, 15) is 13.2 Å². The fraction of sp³-hybridized carbons (Fsp3) is 0.235. The second-order valence-corrected chi connectivity index (χ2v) is 8.48. The van der Waals surface area contributed by atoms with Crippen LogP contribution in [0.15, 0.2) is 47.4 Å². The smallest absolute Gasteiger partial charge is 0.243 e. The number of nitrogens with one attached hydrogen (secondary N) is 1. The molecular weight excluding hydrogens is 383 g/mol. The number of likely N-dealkylation sites (N-methyl/N-ethyl adjacent to an activating group) is 1. The number of amides is 1. The number of benzene rings is 2. The minimum Gasteiger partial charge on any atom is -0.351 e. The Morgan fingerprint density at radius 2 is 1.76 bits per heavy atom. The van der Waals surface area contributed by atoms with Crippen molar-refractivity contribution in [1.29, 1.82) is 0 Å². The second-order valence-electron chi connectivity index (χ2n) is 5.59. The van der Waals surface area contributed by atoms with Gasteiger partial charge < -0.3 is 5.32 Å². The molecule has 1 N–H and O–H groups in total. The summed E-state index contributed by atoms with van der Waals surface area (Å²) in [4.78, 5) is 12.2. The van der Waals surface area contributed by atoms with Crippen LogP contribution < -0.4 is 5.32 Å². The summed E-state index contributed by atoms with van der Waals surface area (Å²) in [7, 11) is -2.35. The van der Waals surface area contributed by atoms with Gasteiger partial charge in [-0.1, -0.05) is 47.0 Å². The van der Waals surface area contributed by atoms with E-state index >= 15 is 0 Å². The first-order valence-electron chi connectivity index (χ1n) is 7.44. The van der Waals surface area contributed by atoms with Crippen molar-refractivity contribution in [3.05, 3.63) is 63.6 Å². The summed E-state index contributed by atoms with van der Waals surface area (Å²) in [5, 5.41) is 3.59. The quantitative estimate of drug-likeness (QED) is 0.808. The van der Waals surface area contributed by atoms with Gasteiger partial charge in [-0.25, -0.2) is 8.42 Å². The molecule has 1 amide bonds. The topological polar surface area (TPSA) is 66.5 Å². The molecule has 0 aliphatic carbocycles. The van der Waals surface area contributed by atoms with Crippen molar-refractivity contribution in [2.24, 2.45) is 0 Å². The van der Waals surface area contributed by atoms with E-state index in [1.807, 2.05) is 6.92 Å². The van der Waals surface area contributed by atoms with Crippen molar-refractivity contribution >= 4 is 39.1 Å². The summed E-state index contributed by atoms with van der Waals surface area (Å²) in [5.41, 5.74) is 1.66. The van der Waals surface area contributed by atoms with Gasteiger partial charge in [0, 0.05) is 23.6 Å². The maximum atomic E-state index is 12.5. The predicted molar refractivity (Wildman–Crippen MR) is 99.3 cm³/mol. The van der Waals surface area contributed by atoms with Crippen LogP contribution in [-0.4, -0.2) is 32.2 Å². The highest BCUT2D eigenvalue weighted by Crippen LogP contribution is 2.20. The van der Waals surface area contributed by atoms with E-state index < -0.39 is 15.9 Å². The fourth-order valence-corrected chi connectivity index (χ4v) is 3.69. The largest absolute Gasteiger partial charge is 0.351 e. The zero-order chi connectivity index (χ0) is 18.6. The average Bonchev–Trinajstić information content (AvgIpc) is 2.54. The van der Waals surface area contributed by atoms with Gasteiger partial charge in [0.1, 0.15) is 0 Å². The number of sulfonamides is 1. The summed E-state index contributed by atoms with van der Waals surface area (Å²) < 4.78 is 25.9. The highest BCUT2D eigenvalue weighted by atomic mass is 35.5. The molecule has 0 aromatic heterocycles. The minimum absolute atomic E-state index is 0.147. The van der Waals surface area contributed by atoms with Crippen LogP contribution in [0.2, 0.25) is 10.0 Å². The van der Waals surface area contributed by atoms with Gasteiger partial charge in [0.25, 0.3) is 0 Å². The Morgan fingerprint density at radius 3 is 2.36 bits per heavy atom. The molecule has 8 heteroatoms. The number of nitrogens with zero attached hydrogens (tertiary/aromatic N) is 1. The molecule has 0 atom stereocenters. The van der Waals surface area contributed by atoms with Gasteiger partial charge in [-0.3, -0.25) is 4.79 Å². The molecule has 2 aromatic rings. The van der Waals surface area contributed by atoms with Crippen molar-refractivity contribution in [3.8, 4) is 0 Å². The first-order chi connectivity index (χ1) is 11.7. The molecule has 0 spiro atoms. The maximum absolute atomic E-state index is 12.5. The van der Waals surface area contributed by atoms with E-state index in [4.69, 9.17) is 23.2 Å². The number of halogens is 2. The van der Waals surface area contributed by atoms with Gasteiger partial charge in [-0.2, -0.15) is 4.31 Å². The summed E-state index contributed by atoms with van der Waals surface area (Å²) in [6, 6.07) is 11.4. The number of hydrogen-bond donors (Lipinski definition) is 1. The van der Waals surface area contributed by atoms with Crippen LogP contribution in [0.5, 0.6) is 0 Å². The third kappa shape index (κ3) is 5.19. The first-order valence-corrected chi connectivity index (χ1v) is 9.63. The molecule has 2 rings (SSSR count). The van der Waals surface area contributed by atoms with E-state index in [1.165, 1.54) is 19.2 Å². The van der Waals surface area contributed by atoms with Crippen LogP contribution in [0.4, 0.5) is 0 Å². The third-order valence-electron chi connectivity index (χ3n) is 3.59. The van der Waals surface area contributed by atoms with Gasteiger partial charge in [0.2, 0.25) is 15.9 Å². The zero-order valence-electron chi connectivity index (χ0n) is 13.8. The lowest BCUT2D eigenvalue weighted by atomic mass is 10.2. The van der Waals surface area contributed by atoms with Gasteiger partial charge in [0.05, 0.1) is 11.4 Å².